The lowest BCUT2D eigenvalue weighted by Crippen LogP contribution is -2.36. The molecule has 1 aromatic rings. The Kier molecular flexibility index (Phi) is 3.52. The molecule has 0 saturated heterocycles. The number of aromatic nitrogens is 1. The lowest BCUT2D eigenvalue weighted by Gasteiger charge is -2.25. The molecule has 1 amide bonds. The summed E-state index contributed by atoms with van der Waals surface area (Å²) in [7, 11) is 0. The highest BCUT2D eigenvalue weighted by atomic mass is 35.5. The number of hydrogen-bond donors (Lipinski definition) is 2. The molecule has 4 nitrogen and oxygen atoms in total. The van der Waals surface area contributed by atoms with Gasteiger partial charge in [0.2, 0.25) is 5.91 Å². The smallest absolute Gasteiger partial charge is 0.219 e. The topological polar surface area (TPSA) is 68.0 Å². The zero-order valence-corrected chi connectivity index (χ0v) is 9.51. The largest absolute Gasteiger partial charge is 0.370 e. The molecule has 0 aliphatic rings. The first-order valence-corrected chi connectivity index (χ1v) is 4.95. The maximum Gasteiger partial charge on any atom is 0.219 e. The van der Waals surface area contributed by atoms with E-state index in [9.17, 15) is 4.79 Å². The second-order valence-corrected chi connectivity index (χ2v) is 4.39. The molecular weight excluding hydrogens is 214 g/mol. The first kappa shape index (κ1) is 11.8. The lowest BCUT2D eigenvalue weighted by atomic mass is 10.0. The monoisotopic (exact) mass is 227 g/mol. The molecule has 0 spiro atoms. The minimum Gasteiger partial charge on any atom is -0.370 e. The molecule has 0 fully saturated rings. The average molecular weight is 228 g/mol. The van der Waals surface area contributed by atoms with E-state index in [0.717, 1.165) is 0 Å². The van der Waals surface area contributed by atoms with Gasteiger partial charge in [-0.05, 0) is 26.0 Å². The second kappa shape index (κ2) is 4.49. The van der Waals surface area contributed by atoms with Crippen LogP contribution in [-0.2, 0) is 4.79 Å². The molecular formula is C10H14ClN3O. The highest BCUT2D eigenvalue weighted by molar-refractivity contribution is 6.32. The number of amides is 1. The summed E-state index contributed by atoms with van der Waals surface area (Å²) in [5, 5.41) is 3.60. The van der Waals surface area contributed by atoms with Crippen LogP contribution in [0.1, 0.15) is 20.3 Å². The number of rotatable bonds is 4. The molecule has 0 unspecified atom stereocenters. The van der Waals surface area contributed by atoms with Gasteiger partial charge in [-0.3, -0.25) is 4.79 Å². The maximum atomic E-state index is 10.8. The minimum atomic E-state index is -0.455. The molecule has 0 radical (unpaired) electrons. The maximum absolute atomic E-state index is 10.8. The van der Waals surface area contributed by atoms with Crippen LogP contribution in [0.2, 0.25) is 5.02 Å². The van der Waals surface area contributed by atoms with Gasteiger partial charge in [0.1, 0.15) is 5.82 Å². The van der Waals surface area contributed by atoms with E-state index < -0.39 is 5.54 Å². The van der Waals surface area contributed by atoms with E-state index in [2.05, 4.69) is 10.3 Å². The number of nitrogens with two attached hydrogens (primary N) is 1. The summed E-state index contributed by atoms with van der Waals surface area (Å²) >= 11 is 5.93. The highest BCUT2D eigenvalue weighted by Crippen LogP contribution is 2.22. The van der Waals surface area contributed by atoms with Crippen LogP contribution in [0.3, 0.4) is 0 Å². The van der Waals surface area contributed by atoms with E-state index in [1.165, 1.54) is 0 Å². The molecule has 1 rings (SSSR count). The first-order chi connectivity index (χ1) is 6.91. The van der Waals surface area contributed by atoms with Crippen molar-refractivity contribution >= 4 is 23.3 Å². The Bertz CT molecular complexity index is 365. The fraction of sp³-hybridized carbons (Fsp3) is 0.400. The van der Waals surface area contributed by atoms with Gasteiger partial charge >= 0.3 is 0 Å². The molecule has 3 N–H and O–H groups in total. The highest BCUT2D eigenvalue weighted by Gasteiger charge is 2.21. The third kappa shape index (κ3) is 3.75. The van der Waals surface area contributed by atoms with Gasteiger partial charge in [0.05, 0.1) is 5.02 Å². The molecule has 5 heteroatoms. The van der Waals surface area contributed by atoms with Gasteiger partial charge < -0.3 is 11.1 Å². The summed E-state index contributed by atoms with van der Waals surface area (Å²) in [6.45, 7) is 3.73. The van der Waals surface area contributed by atoms with E-state index in [4.69, 9.17) is 17.3 Å². The van der Waals surface area contributed by atoms with Crippen molar-refractivity contribution in [2.45, 2.75) is 25.8 Å². The zero-order chi connectivity index (χ0) is 11.5. The lowest BCUT2D eigenvalue weighted by molar-refractivity contribution is -0.118. The predicted octanol–water partition coefficient (Wildman–Crippen LogP) is 1.80. The fourth-order valence-corrected chi connectivity index (χ4v) is 1.45. The number of nitrogens with one attached hydrogen (secondary N) is 1. The number of nitrogens with zero attached hydrogens (tertiary/aromatic N) is 1. The van der Waals surface area contributed by atoms with Gasteiger partial charge in [-0.15, -0.1) is 0 Å². The van der Waals surface area contributed by atoms with Crippen molar-refractivity contribution in [2.75, 3.05) is 5.32 Å². The molecule has 1 aromatic heterocycles. The van der Waals surface area contributed by atoms with Crippen molar-refractivity contribution in [3.63, 3.8) is 0 Å². The number of pyridine rings is 1. The second-order valence-electron chi connectivity index (χ2n) is 3.99. The van der Waals surface area contributed by atoms with Crippen LogP contribution >= 0.6 is 11.6 Å². The van der Waals surface area contributed by atoms with Gasteiger partial charge in [0.25, 0.3) is 0 Å². The Hall–Kier alpha value is -1.29. The Morgan fingerprint density at radius 2 is 2.33 bits per heavy atom. The third-order valence-corrected chi connectivity index (χ3v) is 2.14. The Morgan fingerprint density at radius 3 is 2.87 bits per heavy atom. The molecule has 15 heavy (non-hydrogen) atoms. The molecule has 0 atom stereocenters. The zero-order valence-electron chi connectivity index (χ0n) is 8.75. The minimum absolute atomic E-state index is 0.222. The molecule has 0 aliphatic heterocycles. The number of carbonyl (C=O) groups excluding carboxylic acids is 1. The van der Waals surface area contributed by atoms with Crippen molar-refractivity contribution in [3.8, 4) is 0 Å². The predicted molar refractivity (Wildman–Crippen MR) is 60.8 cm³/mol. The van der Waals surface area contributed by atoms with Gasteiger partial charge in [-0.1, -0.05) is 11.6 Å². The summed E-state index contributed by atoms with van der Waals surface area (Å²) in [4.78, 5) is 14.9. The Morgan fingerprint density at radius 1 is 1.67 bits per heavy atom. The van der Waals surface area contributed by atoms with Crippen LogP contribution in [0.25, 0.3) is 0 Å². The van der Waals surface area contributed by atoms with Crippen molar-refractivity contribution in [1.82, 2.24) is 4.98 Å². The molecule has 0 bridgehead atoms. The van der Waals surface area contributed by atoms with Crippen molar-refractivity contribution < 1.29 is 4.79 Å². The average Bonchev–Trinajstić information content (AvgIpc) is 2.06. The quantitative estimate of drug-likeness (QED) is 0.824. The summed E-state index contributed by atoms with van der Waals surface area (Å²) in [5.74, 6) is 0.199. The van der Waals surface area contributed by atoms with Crippen molar-refractivity contribution in [2.24, 2.45) is 5.73 Å². The molecule has 1 heterocycles. The van der Waals surface area contributed by atoms with Crippen LogP contribution in [0.5, 0.6) is 0 Å². The Balaban J connectivity index is 2.77. The molecule has 82 valence electrons. The number of anilines is 1. The van der Waals surface area contributed by atoms with E-state index >= 15 is 0 Å². The molecule has 0 aromatic carbocycles. The van der Waals surface area contributed by atoms with E-state index in [1.807, 2.05) is 13.8 Å². The van der Waals surface area contributed by atoms with Crippen molar-refractivity contribution in [1.29, 1.82) is 0 Å². The van der Waals surface area contributed by atoms with Gasteiger partial charge in [-0.25, -0.2) is 4.98 Å². The van der Waals surface area contributed by atoms with Crippen LogP contribution in [-0.4, -0.2) is 16.4 Å². The number of primary amides is 1. The number of hydrogen-bond acceptors (Lipinski definition) is 3. The first-order valence-electron chi connectivity index (χ1n) is 4.58. The van der Waals surface area contributed by atoms with Crippen LogP contribution in [0.4, 0.5) is 5.82 Å². The SMILES string of the molecule is CC(C)(CC(N)=O)Nc1ncccc1Cl. The van der Waals surface area contributed by atoms with Gasteiger partial charge in [-0.2, -0.15) is 0 Å². The summed E-state index contributed by atoms with van der Waals surface area (Å²) in [6.07, 6.45) is 1.86. The van der Waals surface area contributed by atoms with Gasteiger partial charge in [0, 0.05) is 18.2 Å². The fourth-order valence-electron chi connectivity index (χ4n) is 1.28. The van der Waals surface area contributed by atoms with Gasteiger partial charge in [0.15, 0.2) is 0 Å². The van der Waals surface area contributed by atoms with E-state index in [-0.39, 0.29) is 12.3 Å². The summed E-state index contributed by atoms with van der Waals surface area (Å²) in [5.41, 5.74) is 4.68. The van der Waals surface area contributed by atoms with Crippen LogP contribution in [0, 0.1) is 0 Å². The third-order valence-electron chi connectivity index (χ3n) is 1.83. The number of halogens is 1. The summed E-state index contributed by atoms with van der Waals surface area (Å²) in [6, 6.07) is 3.48. The van der Waals surface area contributed by atoms with E-state index in [0.29, 0.717) is 10.8 Å². The van der Waals surface area contributed by atoms with E-state index in [1.54, 1.807) is 18.3 Å². The Labute approximate surface area is 93.8 Å². The van der Waals surface area contributed by atoms with Crippen molar-refractivity contribution in [3.05, 3.63) is 23.4 Å². The number of carbonyl (C=O) groups is 1. The van der Waals surface area contributed by atoms with Crippen LogP contribution in [0.15, 0.2) is 18.3 Å². The van der Waals surface area contributed by atoms with Crippen LogP contribution < -0.4 is 11.1 Å². The standard InChI is InChI=1S/C10H14ClN3O/c1-10(2,6-8(12)15)14-9-7(11)4-3-5-13-9/h3-5H,6H2,1-2H3,(H2,12,15)(H,13,14). The normalized spacial score (nSPS) is 11.1. The summed E-state index contributed by atoms with van der Waals surface area (Å²) < 4.78 is 0. The molecule has 0 saturated carbocycles. The molecule has 0 aliphatic carbocycles.